The molecule has 5 nitrogen and oxygen atoms in total. The molecule has 1 unspecified atom stereocenters. The van der Waals surface area contributed by atoms with E-state index in [9.17, 15) is 4.79 Å². The highest BCUT2D eigenvalue weighted by atomic mass is 32.2. The van der Waals surface area contributed by atoms with E-state index in [1.54, 1.807) is 0 Å². The molecule has 156 valence electrons. The van der Waals surface area contributed by atoms with Gasteiger partial charge in [-0.05, 0) is 37.8 Å². The van der Waals surface area contributed by atoms with E-state index in [-0.39, 0.29) is 11.2 Å². The predicted molar refractivity (Wildman–Crippen MR) is 120 cm³/mol. The van der Waals surface area contributed by atoms with E-state index in [1.165, 1.54) is 30.2 Å². The van der Waals surface area contributed by atoms with Gasteiger partial charge in [0.2, 0.25) is 5.91 Å². The first-order valence-electron chi connectivity index (χ1n) is 10.6. The molecule has 1 atom stereocenters. The maximum atomic E-state index is 13.2. The average molecular weight is 421 g/mol. The average Bonchev–Trinajstić information content (AvgIpc) is 3.56. The third kappa shape index (κ3) is 4.93. The molecule has 1 heterocycles. The van der Waals surface area contributed by atoms with Crippen LogP contribution in [0, 0.1) is 0 Å². The van der Waals surface area contributed by atoms with Crippen LogP contribution in [0.5, 0.6) is 0 Å². The van der Waals surface area contributed by atoms with Crippen molar-refractivity contribution in [2.75, 3.05) is 6.54 Å². The van der Waals surface area contributed by atoms with Crippen molar-refractivity contribution in [3.63, 3.8) is 0 Å². The lowest BCUT2D eigenvalue weighted by atomic mass is 10.2. The fourth-order valence-electron chi connectivity index (χ4n) is 3.56. The molecule has 3 aromatic rings. The summed E-state index contributed by atoms with van der Waals surface area (Å²) in [5, 5.41) is 9.57. The van der Waals surface area contributed by atoms with Crippen LogP contribution < -0.4 is 0 Å². The molecule has 0 saturated heterocycles. The van der Waals surface area contributed by atoms with Gasteiger partial charge in [-0.2, -0.15) is 0 Å². The van der Waals surface area contributed by atoms with Gasteiger partial charge in [-0.3, -0.25) is 4.79 Å². The lowest BCUT2D eigenvalue weighted by molar-refractivity contribution is -0.130. The van der Waals surface area contributed by atoms with E-state index in [1.807, 2.05) is 43.0 Å². The smallest absolute Gasteiger partial charge is 0.236 e. The van der Waals surface area contributed by atoms with Gasteiger partial charge in [0, 0.05) is 19.0 Å². The van der Waals surface area contributed by atoms with Crippen molar-refractivity contribution in [1.29, 1.82) is 0 Å². The monoisotopic (exact) mass is 420 g/mol. The van der Waals surface area contributed by atoms with Crippen molar-refractivity contribution in [3.8, 4) is 0 Å². The molecule has 1 aromatic heterocycles. The first-order valence-corrected chi connectivity index (χ1v) is 11.5. The van der Waals surface area contributed by atoms with E-state index in [0.717, 1.165) is 23.1 Å². The third-order valence-corrected chi connectivity index (χ3v) is 6.48. The zero-order chi connectivity index (χ0) is 20.9. The number of hydrogen-bond acceptors (Lipinski definition) is 4. The minimum atomic E-state index is -0.223. The van der Waals surface area contributed by atoms with Gasteiger partial charge in [-0.25, -0.2) is 0 Å². The molecule has 4 rings (SSSR count). The fraction of sp³-hybridized carbons (Fsp3) is 0.375. The van der Waals surface area contributed by atoms with Gasteiger partial charge in [0.1, 0.15) is 5.82 Å². The Morgan fingerprint density at radius 1 is 1.07 bits per heavy atom. The molecule has 1 amide bonds. The molecule has 0 N–H and O–H groups in total. The van der Waals surface area contributed by atoms with Crippen LogP contribution in [0.25, 0.3) is 0 Å². The van der Waals surface area contributed by atoms with E-state index >= 15 is 0 Å². The molecule has 2 aromatic carbocycles. The van der Waals surface area contributed by atoms with Crippen molar-refractivity contribution in [2.24, 2.45) is 0 Å². The molecule has 6 heteroatoms. The number of hydrogen-bond donors (Lipinski definition) is 0. The first-order chi connectivity index (χ1) is 14.7. The molecule has 1 aliphatic rings. The number of carbonyl (C=O) groups is 1. The Bertz CT molecular complexity index is 969. The topological polar surface area (TPSA) is 51.0 Å². The van der Waals surface area contributed by atoms with E-state index in [4.69, 9.17) is 0 Å². The summed E-state index contributed by atoms with van der Waals surface area (Å²) in [6, 6.07) is 20.5. The summed E-state index contributed by atoms with van der Waals surface area (Å²) < 4.78 is 2.20. The Morgan fingerprint density at radius 2 is 1.70 bits per heavy atom. The van der Waals surface area contributed by atoms with Gasteiger partial charge in [0.15, 0.2) is 5.16 Å². The number of amides is 1. The van der Waals surface area contributed by atoms with Crippen LogP contribution in [0.4, 0.5) is 0 Å². The highest BCUT2D eigenvalue weighted by Gasteiger charge is 2.31. The molecular weight excluding hydrogens is 392 g/mol. The molecule has 1 fully saturated rings. The van der Waals surface area contributed by atoms with Crippen LogP contribution in [-0.2, 0) is 17.9 Å². The van der Waals surface area contributed by atoms with Gasteiger partial charge < -0.3 is 9.47 Å². The quantitative estimate of drug-likeness (QED) is 0.470. The highest BCUT2D eigenvalue weighted by molar-refractivity contribution is 8.00. The molecule has 0 aliphatic heterocycles. The van der Waals surface area contributed by atoms with Crippen molar-refractivity contribution in [3.05, 3.63) is 77.6 Å². The van der Waals surface area contributed by atoms with Crippen LogP contribution in [0.15, 0.2) is 65.8 Å². The van der Waals surface area contributed by atoms with Crippen molar-refractivity contribution in [1.82, 2.24) is 19.7 Å². The largest absolute Gasteiger partial charge is 0.338 e. The molecular formula is C24H28N4OS. The van der Waals surface area contributed by atoms with E-state index in [2.05, 4.69) is 51.2 Å². The van der Waals surface area contributed by atoms with Crippen molar-refractivity contribution in [2.45, 2.75) is 56.1 Å². The molecule has 30 heavy (non-hydrogen) atoms. The number of aromatic nitrogens is 3. The van der Waals surface area contributed by atoms with Crippen LogP contribution in [-0.4, -0.2) is 37.4 Å². The summed E-state index contributed by atoms with van der Waals surface area (Å²) in [5.74, 6) is 1.69. The van der Waals surface area contributed by atoms with Crippen molar-refractivity contribution < 1.29 is 4.79 Å². The fourth-order valence-corrected chi connectivity index (χ4v) is 4.50. The minimum Gasteiger partial charge on any atom is -0.338 e. The number of rotatable bonds is 9. The van der Waals surface area contributed by atoms with E-state index in [0.29, 0.717) is 19.0 Å². The second-order valence-electron chi connectivity index (χ2n) is 7.78. The Labute approximate surface area is 182 Å². The third-order valence-electron chi connectivity index (χ3n) is 5.41. The first kappa shape index (κ1) is 20.7. The molecule has 1 saturated carbocycles. The number of carbonyl (C=O) groups excluding carboxylic acids is 1. The Hall–Kier alpha value is -2.60. The standard InChI is InChI=1S/C24H28N4OS/c1-3-27(16-19-10-6-4-7-11-19)23(29)18(2)30-24-26-25-22(21-14-15-21)28(24)17-20-12-8-5-9-13-20/h4-13,18,21H,3,14-17H2,1-2H3. The van der Waals surface area contributed by atoms with Crippen LogP contribution in [0.2, 0.25) is 0 Å². The maximum absolute atomic E-state index is 13.2. The van der Waals surface area contributed by atoms with Crippen LogP contribution in [0.1, 0.15) is 49.6 Å². The number of nitrogens with zero attached hydrogens (tertiary/aromatic N) is 4. The Kier molecular flexibility index (Phi) is 6.53. The SMILES string of the molecule is CCN(Cc1ccccc1)C(=O)C(C)Sc1nnc(C2CC2)n1Cc1ccccc1. The lowest BCUT2D eigenvalue weighted by Crippen LogP contribution is -2.36. The molecule has 0 radical (unpaired) electrons. The van der Waals surface area contributed by atoms with Gasteiger partial charge in [-0.15, -0.1) is 10.2 Å². The van der Waals surface area contributed by atoms with Crippen molar-refractivity contribution >= 4 is 17.7 Å². The van der Waals surface area contributed by atoms with Crippen LogP contribution >= 0.6 is 11.8 Å². The maximum Gasteiger partial charge on any atom is 0.236 e. The minimum absolute atomic E-state index is 0.133. The summed E-state index contributed by atoms with van der Waals surface area (Å²) in [6.07, 6.45) is 2.35. The summed E-state index contributed by atoms with van der Waals surface area (Å²) in [4.78, 5) is 15.1. The normalized spacial score (nSPS) is 14.5. The van der Waals surface area contributed by atoms with Gasteiger partial charge >= 0.3 is 0 Å². The summed E-state index contributed by atoms with van der Waals surface area (Å²) in [5.41, 5.74) is 2.37. The van der Waals surface area contributed by atoms with Gasteiger partial charge in [0.25, 0.3) is 0 Å². The second-order valence-corrected chi connectivity index (χ2v) is 9.09. The number of benzene rings is 2. The predicted octanol–water partition coefficient (Wildman–Crippen LogP) is 4.73. The molecule has 0 spiro atoms. The highest BCUT2D eigenvalue weighted by Crippen LogP contribution is 2.40. The Morgan fingerprint density at radius 3 is 2.30 bits per heavy atom. The van der Waals surface area contributed by atoms with E-state index < -0.39 is 0 Å². The zero-order valence-electron chi connectivity index (χ0n) is 17.6. The summed E-state index contributed by atoms with van der Waals surface area (Å²) in [6.45, 7) is 6.05. The second kappa shape index (κ2) is 9.47. The van der Waals surface area contributed by atoms with Gasteiger partial charge in [-0.1, -0.05) is 72.4 Å². The van der Waals surface area contributed by atoms with Crippen LogP contribution in [0.3, 0.4) is 0 Å². The Balaban J connectivity index is 1.49. The molecule has 0 bridgehead atoms. The summed E-state index contributed by atoms with van der Waals surface area (Å²) >= 11 is 1.52. The zero-order valence-corrected chi connectivity index (χ0v) is 18.4. The number of thioether (sulfide) groups is 1. The van der Waals surface area contributed by atoms with Gasteiger partial charge in [0.05, 0.1) is 11.8 Å². The summed E-state index contributed by atoms with van der Waals surface area (Å²) in [7, 11) is 0. The lowest BCUT2D eigenvalue weighted by Gasteiger charge is -2.24. The molecule has 1 aliphatic carbocycles.